The third-order valence-electron chi connectivity index (χ3n) is 7.78. The molecule has 270 valence electrons. The number of azide groups is 1. The topological polar surface area (TPSA) is 190 Å². The molecule has 6 N–H and O–H groups in total. The van der Waals surface area contributed by atoms with Gasteiger partial charge < -0.3 is 30.7 Å². The highest BCUT2D eigenvalue weighted by molar-refractivity contribution is 5.88. The van der Waals surface area contributed by atoms with Crippen LogP contribution in [0.1, 0.15) is 69.2 Å². The molecule has 2 atom stereocenters. The van der Waals surface area contributed by atoms with E-state index in [1.165, 1.54) is 30.2 Å². The van der Waals surface area contributed by atoms with E-state index in [1.54, 1.807) is 18.2 Å². The second-order valence-electron chi connectivity index (χ2n) is 11.4. The molecule has 0 saturated carbocycles. The lowest BCUT2D eigenvalue weighted by molar-refractivity contribution is 0.188. The monoisotopic (exact) mass is 714 g/mol. The predicted octanol–water partition coefficient (Wildman–Crippen LogP) is 8.48. The SMILES string of the molecule is CC.CC1=CCC=CC1.C[C@@H](CN=[N+]=[N-])c1ccc(OCc2ccccc2)c2[nH]c(=O)ccc12.Cl.NC[C@H](O)c1ccc(O)c2[nH]c(=O)ccc12. The normalized spacial score (nSPS) is 12.5. The number of fused-ring (bicyclic) bond motifs is 2. The standard InChI is InChI=1S/C19H18N4O2.C11H12N2O3.C7H10.C2H6.ClH/c1-13(11-21-23-20)15-7-9-17(19-16(15)8-10-18(24)22-19)25-12-14-5-3-2-4-6-14;12-5-9(15)6-1-3-8(14)11-7(6)2-4-10(16)13-11;1-7-5-3-2-4-6-7;1-2;/h2-10,13H,11-12H2,1H3,(H,22,24);1-4,9,14-15H,5,12H2,(H,13,16);2-3,6H,4-5H2,1H3;1-2H3;1H/t13-;9-;;;/m00.../s1. The Labute approximate surface area is 303 Å². The van der Waals surface area contributed by atoms with Crippen LogP contribution in [-0.2, 0) is 6.61 Å². The summed E-state index contributed by atoms with van der Waals surface area (Å²) in [7, 11) is 0. The number of nitrogens with zero attached hydrogens (tertiary/aromatic N) is 3. The first-order valence-corrected chi connectivity index (χ1v) is 16.6. The summed E-state index contributed by atoms with van der Waals surface area (Å²) in [4.78, 5) is 31.1. The van der Waals surface area contributed by atoms with Crippen molar-refractivity contribution < 1.29 is 14.9 Å². The first-order chi connectivity index (χ1) is 24.2. The van der Waals surface area contributed by atoms with Gasteiger partial charge in [0.1, 0.15) is 18.1 Å². The molecule has 0 amide bonds. The van der Waals surface area contributed by atoms with Gasteiger partial charge in [0.15, 0.2) is 0 Å². The molecule has 5 aromatic rings. The van der Waals surface area contributed by atoms with Crippen LogP contribution in [0.25, 0.3) is 32.2 Å². The Kier molecular flexibility index (Phi) is 17.8. The number of hydrogen-bond acceptors (Lipinski definition) is 7. The number of pyridine rings is 2. The Balaban J connectivity index is 0.000000295. The zero-order valence-electron chi connectivity index (χ0n) is 29.4. The molecule has 51 heavy (non-hydrogen) atoms. The molecule has 0 radical (unpaired) electrons. The Hall–Kier alpha value is -5.32. The molecular formula is C39H47ClN6O5. The number of aliphatic hydroxyl groups excluding tert-OH is 1. The van der Waals surface area contributed by atoms with E-state index in [-0.39, 0.29) is 41.7 Å². The molecule has 3 aromatic carbocycles. The summed E-state index contributed by atoms with van der Waals surface area (Å²) >= 11 is 0. The van der Waals surface area contributed by atoms with Crippen molar-refractivity contribution in [2.45, 2.75) is 59.2 Å². The molecule has 0 bridgehead atoms. The van der Waals surface area contributed by atoms with Crippen LogP contribution in [0, 0.1) is 0 Å². The highest BCUT2D eigenvalue weighted by Crippen LogP contribution is 2.31. The number of aliphatic hydroxyl groups is 1. The largest absolute Gasteiger partial charge is 0.506 e. The number of nitrogens with two attached hydrogens (primary N) is 1. The van der Waals surface area contributed by atoms with Crippen LogP contribution in [0.4, 0.5) is 0 Å². The van der Waals surface area contributed by atoms with Crippen LogP contribution in [0.3, 0.4) is 0 Å². The highest BCUT2D eigenvalue weighted by Gasteiger charge is 2.14. The van der Waals surface area contributed by atoms with Crippen LogP contribution < -0.4 is 21.6 Å². The van der Waals surface area contributed by atoms with E-state index in [1.807, 2.05) is 63.2 Å². The minimum absolute atomic E-state index is 0. The third kappa shape index (κ3) is 12.2. The maximum absolute atomic E-state index is 11.8. The maximum atomic E-state index is 11.8. The van der Waals surface area contributed by atoms with Crippen molar-refractivity contribution in [3.63, 3.8) is 0 Å². The first-order valence-electron chi connectivity index (χ1n) is 16.6. The van der Waals surface area contributed by atoms with E-state index >= 15 is 0 Å². The minimum Gasteiger partial charge on any atom is -0.506 e. The first kappa shape index (κ1) is 41.8. The number of halogens is 1. The van der Waals surface area contributed by atoms with Crippen molar-refractivity contribution in [1.29, 1.82) is 0 Å². The predicted molar refractivity (Wildman–Crippen MR) is 209 cm³/mol. The van der Waals surface area contributed by atoms with Crippen molar-refractivity contribution in [1.82, 2.24) is 9.97 Å². The van der Waals surface area contributed by atoms with Gasteiger partial charge in [-0.25, -0.2) is 0 Å². The van der Waals surface area contributed by atoms with Gasteiger partial charge in [0.05, 0.1) is 17.1 Å². The van der Waals surface area contributed by atoms with Crippen LogP contribution in [0.5, 0.6) is 11.5 Å². The Bertz CT molecular complexity index is 2070. The number of H-pyrrole nitrogens is 2. The fourth-order valence-corrected chi connectivity index (χ4v) is 5.19. The van der Waals surface area contributed by atoms with E-state index in [9.17, 15) is 19.8 Å². The van der Waals surface area contributed by atoms with Crippen LogP contribution >= 0.6 is 12.4 Å². The molecule has 0 spiro atoms. The number of aromatic amines is 2. The second kappa shape index (κ2) is 21.7. The molecule has 12 heteroatoms. The molecule has 2 aromatic heterocycles. The van der Waals surface area contributed by atoms with Crippen LogP contribution in [-0.4, -0.2) is 33.3 Å². The summed E-state index contributed by atoms with van der Waals surface area (Å²) in [6.45, 7) is 9.01. The third-order valence-corrected chi connectivity index (χ3v) is 7.78. The number of hydrogen-bond donors (Lipinski definition) is 5. The summed E-state index contributed by atoms with van der Waals surface area (Å²) in [5, 5.41) is 24.4. The number of benzene rings is 3. The number of ether oxygens (including phenoxy) is 1. The molecule has 1 aliphatic rings. The van der Waals surface area contributed by atoms with Gasteiger partial charge in [-0.1, -0.05) is 92.2 Å². The van der Waals surface area contributed by atoms with Gasteiger partial charge in [-0.2, -0.15) is 0 Å². The molecule has 0 saturated heterocycles. The van der Waals surface area contributed by atoms with E-state index < -0.39 is 6.10 Å². The number of phenolic OH excluding ortho intramolecular Hbond substituents is 1. The molecule has 11 nitrogen and oxygen atoms in total. The molecule has 6 rings (SSSR count). The molecule has 1 aliphatic carbocycles. The van der Waals surface area contributed by atoms with Gasteiger partial charge >= 0.3 is 0 Å². The molecule has 0 aliphatic heterocycles. The summed E-state index contributed by atoms with van der Waals surface area (Å²) < 4.78 is 5.92. The average molecular weight is 715 g/mol. The fraction of sp³-hybridized carbons (Fsp3) is 0.282. The number of nitrogens with one attached hydrogen (secondary N) is 2. The molecule has 2 heterocycles. The summed E-state index contributed by atoms with van der Waals surface area (Å²) in [5.41, 5.74) is 18.5. The number of rotatable bonds is 8. The summed E-state index contributed by atoms with van der Waals surface area (Å²) in [6.07, 6.45) is 8.18. The van der Waals surface area contributed by atoms with Crippen molar-refractivity contribution in [3.8, 4) is 11.5 Å². The van der Waals surface area contributed by atoms with Gasteiger partial charge in [-0.3, -0.25) is 9.59 Å². The number of aromatic hydroxyl groups is 1. The minimum atomic E-state index is -0.811. The van der Waals surface area contributed by atoms with E-state index in [0.29, 0.717) is 40.9 Å². The maximum Gasteiger partial charge on any atom is 0.248 e. The quantitative estimate of drug-likeness (QED) is 0.0463. The fourth-order valence-electron chi connectivity index (χ4n) is 5.19. The van der Waals surface area contributed by atoms with Crippen molar-refractivity contribution in [3.05, 3.63) is 151 Å². The lowest BCUT2D eigenvalue weighted by Crippen LogP contribution is -2.12. The highest BCUT2D eigenvalue weighted by atomic mass is 35.5. The summed E-state index contributed by atoms with van der Waals surface area (Å²) in [6, 6.07) is 22.8. The van der Waals surface area contributed by atoms with Crippen molar-refractivity contribution >= 4 is 34.2 Å². The van der Waals surface area contributed by atoms with Gasteiger partial charge in [-0.05, 0) is 72.2 Å². The Morgan fingerprint density at radius 3 is 2.10 bits per heavy atom. The van der Waals surface area contributed by atoms with Crippen LogP contribution in [0.15, 0.2) is 117 Å². The van der Waals surface area contributed by atoms with Crippen LogP contribution in [0.2, 0.25) is 0 Å². The van der Waals surface area contributed by atoms with Gasteiger partial charge in [-0.15, -0.1) is 12.4 Å². The summed E-state index contributed by atoms with van der Waals surface area (Å²) in [5.74, 6) is 0.629. The van der Waals surface area contributed by atoms with Crippen molar-refractivity contribution in [2.75, 3.05) is 13.1 Å². The average Bonchev–Trinajstić information content (AvgIpc) is 3.15. The second-order valence-corrected chi connectivity index (χ2v) is 11.4. The lowest BCUT2D eigenvalue weighted by Gasteiger charge is -2.15. The van der Waals surface area contributed by atoms with Gasteiger partial charge in [0, 0.05) is 40.9 Å². The molecular weight excluding hydrogens is 668 g/mol. The zero-order valence-corrected chi connectivity index (χ0v) is 30.2. The number of aromatic nitrogens is 2. The number of phenols is 1. The van der Waals surface area contributed by atoms with Crippen molar-refractivity contribution in [2.24, 2.45) is 10.8 Å². The van der Waals surface area contributed by atoms with E-state index in [2.05, 4.69) is 45.1 Å². The molecule has 0 unspecified atom stereocenters. The van der Waals surface area contributed by atoms with Gasteiger partial charge in [0.2, 0.25) is 11.1 Å². The Morgan fingerprint density at radius 2 is 1.53 bits per heavy atom. The lowest BCUT2D eigenvalue weighted by atomic mass is 9.96. The smallest absolute Gasteiger partial charge is 0.248 e. The Morgan fingerprint density at radius 1 is 0.902 bits per heavy atom. The van der Waals surface area contributed by atoms with Gasteiger partial charge in [0.25, 0.3) is 0 Å². The molecule has 0 fully saturated rings. The van der Waals surface area contributed by atoms with E-state index in [4.69, 9.17) is 16.0 Å². The van der Waals surface area contributed by atoms with E-state index in [0.717, 1.165) is 22.9 Å². The zero-order chi connectivity index (χ0) is 36.5. The number of allylic oxidation sites excluding steroid dienone is 4.